The molecule has 1 aliphatic heterocycles. The number of epoxide rings is 1. The Morgan fingerprint density at radius 3 is 2.47 bits per heavy atom. The molecule has 0 saturated carbocycles. The molecule has 3 heteroatoms. The molecule has 3 atom stereocenters. The second-order valence-corrected chi connectivity index (χ2v) is 3.75. The number of ether oxygens (including phenoxy) is 2. The number of rotatable bonds is 3. The highest BCUT2D eigenvalue weighted by Crippen LogP contribution is 2.36. The first kappa shape index (κ1) is 10.2. The molecule has 0 aliphatic carbocycles. The summed E-state index contributed by atoms with van der Waals surface area (Å²) in [5.74, 6) is -0.272. The van der Waals surface area contributed by atoms with Crippen LogP contribution in [0, 0.1) is 0 Å². The Labute approximate surface area is 89.0 Å². The van der Waals surface area contributed by atoms with Crippen LogP contribution in [0.15, 0.2) is 30.3 Å². The van der Waals surface area contributed by atoms with E-state index in [9.17, 15) is 4.79 Å². The Bertz CT molecular complexity index is 347. The predicted molar refractivity (Wildman–Crippen MR) is 55.3 cm³/mol. The van der Waals surface area contributed by atoms with Crippen LogP contribution in [0.4, 0.5) is 0 Å². The third-order valence-electron chi connectivity index (χ3n) is 2.48. The summed E-state index contributed by atoms with van der Waals surface area (Å²) < 4.78 is 10.6. The van der Waals surface area contributed by atoms with E-state index in [1.54, 1.807) is 0 Å². The Morgan fingerprint density at radius 1 is 1.40 bits per heavy atom. The molecule has 80 valence electrons. The largest absolute Gasteiger partial charge is 0.455 e. The van der Waals surface area contributed by atoms with Crippen molar-refractivity contribution in [1.29, 1.82) is 0 Å². The highest BCUT2D eigenvalue weighted by atomic mass is 16.6. The fourth-order valence-electron chi connectivity index (χ4n) is 1.67. The standard InChI is InChI=1S/C12H14O3/c1-8-11(14-8)12(15-9(2)13)10-6-4-3-5-7-10/h3-8,11-12H,1-2H3/t8-,11+,12-/m0/s1. The van der Waals surface area contributed by atoms with Crippen molar-refractivity contribution in [1.82, 2.24) is 0 Å². The van der Waals surface area contributed by atoms with E-state index in [1.807, 2.05) is 37.3 Å². The lowest BCUT2D eigenvalue weighted by molar-refractivity contribution is -0.147. The molecule has 2 rings (SSSR count). The summed E-state index contributed by atoms with van der Waals surface area (Å²) in [6.07, 6.45) is -0.0791. The van der Waals surface area contributed by atoms with Crippen molar-refractivity contribution in [2.24, 2.45) is 0 Å². The van der Waals surface area contributed by atoms with E-state index in [1.165, 1.54) is 6.92 Å². The Morgan fingerprint density at radius 2 is 2.00 bits per heavy atom. The maximum Gasteiger partial charge on any atom is 0.303 e. The van der Waals surface area contributed by atoms with Crippen molar-refractivity contribution >= 4 is 5.97 Å². The van der Waals surface area contributed by atoms with Crippen molar-refractivity contribution in [3.8, 4) is 0 Å². The number of esters is 1. The van der Waals surface area contributed by atoms with Gasteiger partial charge >= 0.3 is 5.97 Å². The second kappa shape index (κ2) is 4.03. The summed E-state index contributed by atoms with van der Waals surface area (Å²) in [5, 5.41) is 0. The summed E-state index contributed by atoms with van der Waals surface area (Å²) in [7, 11) is 0. The molecule has 1 aliphatic rings. The molecule has 0 spiro atoms. The van der Waals surface area contributed by atoms with Crippen molar-refractivity contribution in [3.63, 3.8) is 0 Å². The van der Waals surface area contributed by atoms with Crippen LogP contribution < -0.4 is 0 Å². The Balaban J connectivity index is 2.15. The summed E-state index contributed by atoms with van der Waals surface area (Å²) in [6.45, 7) is 3.40. The quantitative estimate of drug-likeness (QED) is 0.561. The molecule has 1 fully saturated rings. The Kier molecular flexibility index (Phi) is 2.73. The first-order chi connectivity index (χ1) is 7.18. The third kappa shape index (κ3) is 2.36. The monoisotopic (exact) mass is 206 g/mol. The molecule has 0 aromatic heterocycles. The van der Waals surface area contributed by atoms with Gasteiger partial charge in [0.1, 0.15) is 6.10 Å². The topological polar surface area (TPSA) is 38.8 Å². The van der Waals surface area contributed by atoms with E-state index in [0.717, 1.165) is 5.56 Å². The lowest BCUT2D eigenvalue weighted by Crippen LogP contribution is -2.15. The van der Waals surface area contributed by atoms with Crippen LogP contribution in [0.3, 0.4) is 0 Å². The predicted octanol–water partition coefficient (Wildman–Crippen LogP) is 2.08. The molecule has 1 heterocycles. The molecule has 1 saturated heterocycles. The van der Waals surface area contributed by atoms with Crippen LogP contribution in [0.2, 0.25) is 0 Å². The van der Waals surface area contributed by atoms with Gasteiger partial charge in [-0.15, -0.1) is 0 Å². The fourth-order valence-corrected chi connectivity index (χ4v) is 1.67. The number of hydrogen-bond acceptors (Lipinski definition) is 3. The zero-order chi connectivity index (χ0) is 10.8. The Hall–Kier alpha value is -1.35. The minimum Gasteiger partial charge on any atom is -0.455 e. The van der Waals surface area contributed by atoms with Crippen LogP contribution >= 0.6 is 0 Å². The van der Waals surface area contributed by atoms with Crippen LogP contribution in [0.25, 0.3) is 0 Å². The smallest absolute Gasteiger partial charge is 0.303 e. The van der Waals surface area contributed by atoms with Gasteiger partial charge in [0.05, 0.1) is 6.10 Å². The summed E-state index contributed by atoms with van der Waals surface area (Å²) in [6, 6.07) is 9.69. The minimum absolute atomic E-state index is 0.0105. The van der Waals surface area contributed by atoms with E-state index >= 15 is 0 Å². The van der Waals surface area contributed by atoms with Gasteiger partial charge in [-0.05, 0) is 12.5 Å². The first-order valence-electron chi connectivity index (χ1n) is 5.06. The van der Waals surface area contributed by atoms with E-state index in [0.29, 0.717) is 0 Å². The third-order valence-corrected chi connectivity index (χ3v) is 2.48. The minimum atomic E-state index is -0.272. The number of benzene rings is 1. The van der Waals surface area contributed by atoms with Gasteiger partial charge in [0.15, 0.2) is 6.10 Å². The fraction of sp³-hybridized carbons (Fsp3) is 0.417. The van der Waals surface area contributed by atoms with Crippen LogP contribution in [0.5, 0.6) is 0 Å². The lowest BCUT2D eigenvalue weighted by Gasteiger charge is -2.14. The summed E-state index contributed by atoms with van der Waals surface area (Å²) >= 11 is 0. The molecule has 0 unspecified atom stereocenters. The highest BCUT2D eigenvalue weighted by Gasteiger charge is 2.44. The van der Waals surface area contributed by atoms with Gasteiger partial charge < -0.3 is 9.47 Å². The SMILES string of the molecule is CC(=O)O[C@@H](c1ccccc1)[C@@H]1O[C@H]1C. The number of carbonyl (C=O) groups is 1. The van der Waals surface area contributed by atoms with E-state index in [-0.39, 0.29) is 24.3 Å². The van der Waals surface area contributed by atoms with Crippen molar-refractivity contribution in [2.75, 3.05) is 0 Å². The van der Waals surface area contributed by atoms with Gasteiger partial charge in [-0.1, -0.05) is 30.3 Å². The maximum absolute atomic E-state index is 11.0. The molecule has 0 bridgehead atoms. The molecular weight excluding hydrogens is 192 g/mol. The molecule has 0 amide bonds. The van der Waals surface area contributed by atoms with E-state index in [4.69, 9.17) is 9.47 Å². The molecule has 3 nitrogen and oxygen atoms in total. The zero-order valence-electron chi connectivity index (χ0n) is 8.84. The summed E-state index contributed by atoms with van der Waals surface area (Å²) in [4.78, 5) is 11.0. The molecule has 0 radical (unpaired) electrons. The van der Waals surface area contributed by atoms with Crippen LogP contribution in [-0.2, 0) is 14.3 Å². The van der Waals surface area contributed by atoms with Crippen molar-refractivity contribution in [2.45, 2.75) is 32.2 Å². The van der Waals surface area contributed by atoms with Crippen LogP contribution in [0.1, 0.15) is 25.5 Å². The average molecular weight is 206 g/mol. The first-order valence-corrected chi connectivity index (χ1v) is 5.06. The maximum atomic E-state index is 11.0. The molecule has 1 aromatic rings. The number of carbonyl (C=O) groups excluding carboxylic acids is 1. The van der Waals surface area contributed by atoms with Gasteiger partial charge in [0.2, 0.25) is 0 Å². The molecular formula is C12H14O3. The molecule has 1 aromatic carbocycles. The molecule has 15 heavy (non-hydrogen) atoms. The highest BCUT2D eigenvalue weighted by molar-refractivity contribution is 5.66. The summed E-state index contributed by atoms with van der Waals surface area (Å²) in [5.41, 5.74) is 0.988. The second-order valence-electron chi connectivity index (χ2n) is 3.75. The van der Waals surface area contributed by atoms with Gasteiger partial charge in [-0.3, -0.25) is 4.79 Å². The van der Waals surface area contributed by atoms with Gasteiger partial charge in [-0.2, -0.15) is 0 Å². The van der Waals surface area contributed by atoms with E-state index < -0.39 is 0 Å². The van der Waals surface area contributed by atoms with Crippen molar-refractivity contribution < 1.29 is 14.3 Å². The lowest BCUT2D eigenvalue weighted by atomic mass is 10.1. The van der Waals surface area contributed by atoms with Crippen molar-refractivity contribution in [3.05, 3.63) is 35.9 Å². The number of hydrogen-bond donors (Lipinski definition) is 0. The van der Waals surface area contributed by atoms with Gasteiger partial charge in [0, 0.05) is 6.92 Å². The van der Waals surface area contributed by atoms with Gasteiger partial charge in [0.25, 0.3) is 0 Å². The molecule has 0 N–H and O–H groups in total. The van der Waals surface area contributed by atoms with Crippen LogP contribution in [-0.4, -0.2) is 18.2 Å². The van der Waals surface area contributed by atoms with Gasteiger partial charge in [-0.25, -0.2) is 0 Å². The van der Waals surface area contributed by atoms with E-state index in [2.05, 4.69) is 0 Å². The zero-order valence-corrected chi connectivity index (χ0v) is 8.84. The normalized spacial score (nSPS) is 25.7. The average Bonchev–Trinajstić information content (AvgIpc) is 2.93.